The minimum absolute atomic E-state index is 0.0844. The number of aromatic nitrogens is 1. The number of pyridine rings is 1. The van der Waals surface area contributed by atoms with Gasteiger partial charge in [0, 0.05) is 30.9 Å². The molecule has 24 heavy (non-hydrogen) atoms. The van der Waals surface area contributed by atoms with Crippen LogP contribution in [0.15, 0.2) is 41.1 Å². The van der Waals surface area contributed by atoms with Gasteiger partial charge in [0.1, 0.15) is 5.76 Å². The van der Waals surface area contributed by atoms with Crippen molar-refractivity contribution in [3.63, 3.8) is 0 Å². The molecule has 1 saturated heterocycles. The van der Waals surface area contributed by atoms with Crippen LogP contribution < -0.4 is 10.1 Å². The molecular formula is C18H23N3O3. The summed E-state index contributed by atoms with van der Waals surface area (Å²) in [6.45, 7) is 3.56. The summed E-state index contributed by atoms with van der Waals surface area (Å²) in [5.41, 5.74) is 0.574. The molecule has 2 aromatic heterocycles. The lowest BCUT2D eigenvalue weighted by molar-refractivity contribution is 0.0927. The summed E-state index contributed by atoms with van der Waals surface area (Å²) in [5.74, 6) is 1.81. The predicted octanol–water partition coefficient (Wildman–Crippen LogP) is 2.33. The molecule has 0 spiro atoms. The van der Waals surface area contributed by atoms with E-state index in [1.807, 2.05) is 12.1 Å². The minimum atomic E-state index is -0.0844. The molecule has 0 aromatic carbocycles. The molecule has 0 aliphatic carbocycles. The van der Waals surface area contributed by atoms with Crippen molar-refractivity contribution < 1.29 is 13.9 Å². The zero-order valence-electron chi connectivity index (χ0n) is 13.9. The molecule has 0 unspecified atom stereocenters. The first-order valence-electron chi connectivity index (χ1n) is 8.27. The number of nitrogens with zero attached hydrogens (tertiary/aromatic N) is 2. The Kier molecular flexibility index (Phi) is 5.48. The number of rotatable bonds is 6. The van der Waals surface area contributed by atoms with Crippen molar-refractivity contribution in [2.45, 2.75) is 19.4 Å². The van der Waals surface area contributed by atoms with E-state index in [2.05, 4.69) is 15.2 Å². The lowest BCUT2D eigenvalue weighted by Crippen LogP contribution is -2.40. The fourth-order valence-corrected chi connectivity index (χ4v) is 3.09. The molecule has 3 rings (SSSR count). The zero-order valence-corrected chi connectivity index (χ0v) is 13.9. The normalized spacial score (nSPS) is 18.3. The molecule has 0 radical (unpaired) electrons. The lowest BCUT2D eigenvalue weighted by atomic mass is 9.97. The monoisotopic (exact) mass is 329 g/mol. The SMILES string of the molecule is COc1cc(C(=O)NC[C@@H]2CCCN(Cc3ccco3)C2)ccn1. The van der Waals surface area contributed by atoms with Crippen LogP contribution in [-0.2, 0) is 6.54 Å². The van der Waals surface area contributed by atoms with Crippen molar-refractivity contribution in [2.24, 2.45) is 5.92 Å². The highest BCUT2D eigenvalue weighted by Crippen LogP contribution is 2.18. The summed E-state index contributed by atoms with van der Waals surface area (Å²) in [4.78, 5) is 18.7. The molecule has 1 fully saturated rings. The molecule has 3 heterocycles. The third kappa shape index (κ3) is 4.35. The van der Waals surface area contributed by atoms with Crippen LogP contribution in [-0.4, -0.2) is 42.5 Å². The van der Waals surface area contributed by atoms with Gasteiger partial charge in [0.15, 0.2) is 0 Å². The lowest BCUT2D eigenvalue weighted by Gasteiger charge is -2.32. The minimum Gasteiger partial charge on any atom is -0.481 e. The van der Waals surface area contributed by atoms with Gasteiger partial charge in [-0.3, -0.25) is 9.69 Å². The van der Waals surface area contributed by atoms with Crippen LogP contribution in [0.1, 0.15) is 29.0 Å². The second-order valence-corrected chi connectivity index (χ2v) is 6.12. The molecule has 1 amide bonds. The fourth-order valence-electron chi connectivity index (χ4n) is 3.09. The highest BCUT2D eigenvalue weighted by molar-refractivity contribution is 5.94. The summed E-state index contributed by atoms with van der Waals surface area (Å²) in [6.07, 6.45) is 5.57. The van der Waals surface area contributed by atoms with Gasteiger partial charge >= 0.3 is 0 Å². The number of carbonyl (C=O) groups is 1. The van der Waals surface area contributed by atoms with Crippen molar-refractivity contribution in [3.05, 3.63) is 48.0 Å². The van der Waals surface area contributed by atoms with Crippen molar-refractivity contribution in [1.29, 1.82) is 0 Å². The van der Waals surface area contributed by atoms with E-state index in [1.54, 1.807) is 31.7 Å². The molecule has 1 aliphatic heterocycles. The van der Waals surface area contributed by atoms with E-state index in [9.17, 15) is 4.79 Å². The molecule has 6 nitrogen and oxygen atoms in total. The largest absolute Gasteiger partial charge is 0.481 e. The molecule has 2 aromatic rings. The Labute approximate surface area is 141 Å². The second-order valence-electron chi connectivity index (χ2n) is 6.12. The molecule has 1 atom stereocenters. The second kappa shape index (κ2) is 7.97. The van der Waals surface area contributed by atoms with Gasteiger partial charge in [0.25, 0.3) is 5.91 Å². The smallest absolute Gasteiger partial charge is 0.251 e. The van der Waals surface area contributed by atoms with Gasteiger partial charge in [0.2, 0.25) is 5.88 Å². The van der Waals surface area contributed by atoms with Crippen LogP contribution in [0.25, 0.3) is 0 Å². The first-order valence-corrected chi connectivity index (χ1v) is 8.27. The van der Waals surface area contributed by atoms with E-state index in [0.717, 1.165) is 38.2 Å². The molecule has 6 heteroatoms. The average Bonchev–Trinajstić information content (AvgIpc) is 3.13. The zero-order chi connectivity index (χ0) is 16.8. The maximum atomic E-state index is 12.3. The number of piperidine rings is 1. The summed E-state index contributed by atoms with van der Waals surface area (Å²) in [6, 6.07) is 7.27. The van der Waals surface area contributed by atoms with Gasteiger partial charge in [-0.15, -0.1) is 0 Å². The Balaban J connectivity index is 1.49. The number of nitrogens with one attached hydrogen (secondary N) is 1. The topological polar surface area (TPSA) is 67.6 Å². The first kappa shape index (κ1) is 16.5. The van der Waals surface area contributed by atoms with E-state index in [1.165, 1.54) is 0 Å². The highest BCUT2D eigenvalue weighted by Gasteiger charge is 2.21. The number of hydrogen-bond donors (Lipinski definition) is 1. The van der Waals surface area contributed by atoms with Crippen molar-refractivity contribution >= 4 is 5.91 Å². The van der Waals surface area contributed by atoms with E-state index >= 15 is 0 Å². The number of carbonyl (C=O) groups excluding carboxylic acids is 1. The number of likely N-dealkylation sites (tertiary alicyclic amines) is 1. The quantitative estimate of drug-likeness (QED) is 0.881. The van der Waals surface area contributed by atoms with Crippen LogP contribution in [0.2, 0.25) is 0 Å². The number of ether oxygens (including phenoxy) is 1. The molecule has 0 saturated carbocycles. The van der Waals surface area contributed by atoms with Crippen LogP contribution in [0.3, 0.4) is 0 Å². The van der Waals surface area contributed by atoms with E-state index in [4.69, 9.17) is 9.15 Å². The van der Waals surface area contributed by atoms with Gasteiger partial charge in [0.05, 0.1) is 19.9 Å². The van der Waals surface area contributed by atoms with Gasteiger partial charge < -0.3 is 14.5 Å². The molecule has 1 aliphatic rings. The first-order chi connectivity index (χ1) is 11.7. The fraction of sp³-hybridized carbons (Fsp3) is 0.444. The molecule has 0 bridgehead atoms. The number of amides is 1. The van der Waals surface area contributed by atoms with Crippen molar-refractivity contribution in [3.8, 4) is 5.88 Å². The third-order valence-electron chi connectivity index (χ3n) is 4.32. The number of furan rings is 1. The Morgan fingerprint density at radius 2 is 2.42 bits per heavy atom. The van der Waals surface area contributed by atoms with Gasteiger partial charge in [-0.2, -0.15) is 0 Å². The number of hydrogen-bond acceptors (Lipinski definition) is 5. The third-order valence-corrected chi connectivity index (χ3v) is 4.32. The van der Waals surface area contributed by atoms with Crippen LogP contribution in [0.5, 0.6) is 5.88 Å². The predicted molar refractivity (Wildman–Crippen MR) is 89.8 cm³/mol. The van der Waals surface area contributed by atoms with Crippen molar-refractivity contribution in [1.82, 2.24) is 15.2 Å². The Hall–Kier alpha value is -2.34. The maximum Gasteiger partial charge on any atom is 0.251 e. The summed E-state index contributed by atoms with van der Waals surface area (Å²) in [5, 5.41) is 3.03. The Morgan fingerprint density at radius 3 is 3.21 bits per heavy atom. The summed E-state index contributed by atoms with van der Waals surface area (Å²) in [7, 11) is 1.54. The Bertz CT molecular complexity index is 657. The van der Waals surface area contributed by atoms with Crippen LogP contribution >= 0.6 is 0 Å². The van der Waals surface area contributed by atoms with E-state index < -0.39 is 0 Å². The molecule has 128 valence electrons. The standard InChI is InChI=1S/C18H23N3O3/c1-23-17-10-15(6-7-19-17)18(22)20-11-14-4-2-8-21(12-14)13-16-5-3-9-24-16/h3,5-7,9-10,14H,2,4,8,11-13H2,1H3,(H,20,22)/t14-/m0/s1. The summed E-state index contributed by atoms with van der Waals surface area (Å²) >= 11 is 0. The maximum absolute atomic E-state index is 12.3. The highest BCUT2D eigenvalue weighted by atomic mass is 16.5. The van der Waals surface area contributed by atoms with E-state index in [0.29, 0.717) is 23.9 Å². The van der Waals surface area contributed by atoms with Gasteiger partial charge in [-0.1, -0.05) is 0 Å². The average molecular weight is 329 g/mol. The van der Waals surface area contributed by atoms with Gasteiger partial charge in [-0.05, 0) is 43.5 Å². The molecule has 1 N–H and O–H groups in total. The van der Waals surface area contributed by atoms with Crippen LogP contribution in [0, 0.1) is 5.92 Å². The van der Waals surface area contributed by atoms with E-state index in [-0.39, 0.29) is 5.91 Å². The Morgan fingerprint density at radius 1 is 1.50 bits per heavy atom. The number of methoxy groups -OCH3 is 1. The molecular weight excluding hydrogens is 306 g/mol. The summed E-state index contributed by atoms with van der Waals surface area (Å²) < 4.78 is 10.5. The van der Waals surface area contributed by atoms with Crippen molar-refractivity contribution in [2.75, 3.05) is 26.7 Å². The van der Waals surface area contributed by atoms with Gasteiger partial charge in [-0.25, -0.2) is 4.98 Å². The van der Waals surface area contributed by atoms with Crippen LogP contribution in [0.4, 0.5) is 0 Å².